The van der Waals surface area contributed by atoms with Gasteiger partial charge in [0.15, 0.2) is 0 Å². The summed E-state index contributed by atoms with van der Waals surface area (Å²) in [4.78, 5) is 0. The maximum absolute atomic E-state index is 2.35. The Bertz CT molecular complexity index is 1010. The van der Waals surface area contributed by atoms with Crippen molar-refractivity contribution in [2.45, 2.75) is 19.8 Å². The highest BCUT2D eigenvalue weighted by molar-refractivity contribution is 7.47. The van der Waals surface area contributed by atoms with Gasteiger partial charge in [0.1, 0.15) is 0 Å². The van der Waals surface area contributed by atoms with Crippen LogP contribution in [0.2, 0.25) is 0 Å². The molecule has 0 nitrogen and oxygen atoms in total. The van der Waals surface area contributed by atoms with Gasteiger partial charge in [0.25, 0.3) is 0 Å². The largest absolute Gasteiger partial charge is 0.0897 e. The predicted molar refractivity (Wildman–Crippen MR) is 115 cm³/mol. The van der Waals surface area contributed by atoms with Crippen molar-refractivity contribution in [3.63, 3.8) is 0 Å². The van der Waals surface area contributed by atoms with E-state index < -0.39 is 0 Å². The van der Waals surface area contributed by atoms with Gasteiger partial charge in [-0.3, -0.25) is 0 Å². The number of rotatable bonds is 5. The molecule has 124 valence electrons. The Hall–Kier alpha value is -2.17. The van der Waals surface area contributed by atoms with E-state index in [0.717, 1.165) is 8.58 Å². The molecule has 0 saturated heterocycles. The molecule has 0 bridgehead atoms. The molecule has 0 aliphatic heterocycles. The summed E-state index contributed by atoms with van der Waals surface area (Å²) in [5, 5.41) is 6.87. The van der Waals surface area contributed by atoms with Crippen LogP contribution in [0.25, 0.3) is 32.7 Å². The van der Waals surface area contributed by atoms with Crippen molar-refractivity contribution in [1.29, 1.82) is 0 Å². The summed E-state index contributed by atoms with van der Waals surface area (Å²) >= 11 is 0. The van der Waals surface area contributed by atoms with Crippen LogP contribution < -0.4 is 5.30 Å². The van der Waals surface area contributed by atoms with E-state index in [1.54, 1.807) is 0 Å². The van der Waals surface area contributed by atoms with Crippen molar-refractivity contribution >= 4 is 35.4 Å². The van der Waals surface area contributed by atoms with Crippen molar-refractivity contribution in [2.24, 2.45) is 0 Å². The third kappa shape index (κ3) is 3.20. The molecule has 4 rings (SSSR count). The van der Waals surface area contributed by atoms with Gasteiger partial charge in [-0.05, 0) is 50.6 Å². The fraction of sp³-hybridized carbons (Fsp3) is 0.167. The van der Waals surface area contributed by atoms with Gasteiger partial charge in [0.05, 0.1) is 0 Å². The summed E-state index contributed by atoms with van der Waals surface area (Å²) in [5.74, 6) is 0. The first-order chi connectivity index (χ1) is 12.4. The second-order valence-corrected chi connectivity index (χ2v) is 7.91. The van der Waals surface area contributed by atoms with Gasteiger partial charge in [-0.25, -0.2) is 0 Å². The fourth-order valence-electron chi connectivity index (χ4n) is 3.55. The molecule has 25 heavy (non-hydrogen) atoms. The second-order valence-electron chi connectivity index (χ2n) is 6.52. The molecule has 0 heterocycles. The Kier molecular flexibility index (Phi) is 4.81. The van der Waals surface area contributed by atoms with Crippen molar-refractivity contribution in [3.8, 4) is 11.1 Å². The van der Waals surface area contributed by atoms with Gasteiger partial charge in [0.2, 0.25) is 0 Å². The van der Waals surface area contributed by atoms with Crippen LogP contribution in [0.5, 0.6) is 0 Å². The molecule has 0 aliphatic carbocycles. The third-order valence-electron chi connectivity index (χ3n) is 4.83. The second kappa shape index (κ2) is 7.38. The first-order valence-electron chi connectivity index (χ1n) is 9.12. The average Bonchev–Trinajstić information content (AvgIpc) is 2.67. The van der Waals surface area contributed by atoms with Gasteiger partial charge in [-0.15, -0.1) is 0 Å². The molecule has 0 spiro atoms. The summed E-state index contributed by atoms with van der Waals surface area (Å²) in [6.07, 6.45) is 3.86. The lowest BCUT2D eigenvalue weighted by atomic mass is 9.94. The summed E-state index contributed by atoms with van der Waals surface area (Å²) < 4.78 is 0. The molecular weight excluding hydrogens is 319 g/mol. The van der Waals surface area contributed by atoms with Crippen LogP contribution >= 0.6 is 8.58 Å². The zero-order chi connectivity index (χ0) is 17.1. The Morgan fingerprint density at radius 1 is 0.680 bits per heavy atom. The van der Waals surface area contributed by atoms with Gasteiger partial charge < -0.3 is 0 Å². The molecule has 0 N–H and O–H groups in total. The Labute approximate surface area is 151 Å². The van der Waals surface area contributed by atoms with E-state index in [1.165, 1.54) is 57.0 Å². The SMILES string of the molecule is CCCCPc1ccc2ccccc2c1-c1cccc2ccccc12. The summed E-state index contributed by atoms with van der Waals surface area (Å²) in [7, 11) is 0.870. The molecular formula is C24H23P. The Morgan fingerprint density at radius 2 is 1.36 bits per heavy atom. The van der Waals surface area contributed by atoms with Gasteiger partial charge in [-0.1, -0.05) is 101 Å². The van der Waals surface area contributed by atoms with Gasteiger partial charge in [-0.2, -0.15) is 0 Å². The molecule has 0 radical (unpaired) electrons. The van der Waals surface area contributed by atoms with E-state index in [-0.39, 0.29) is 0 Å². The standard InChI is InChI=1S/C24H23P/c1-2-3-17-25-23-16-15-19-10-5-7-13-21(19)24(23)22-14-8-11-18-9-4-6-12-20(18)22/h4-16,25H,2-3,17H2,1H3. The van der Waals surface area contributed by atoms with E-state index in [1.807, 2.05) is 0 Å². The predicted octanol–water partition coefficient (Wildman–Crippen LogP) is 6.76. The molecule has 1 unspecified atom stereocenters. The van der Waals surface area contributed by atoms with Gasteiger partial charge in [0, 0.05) is 0 Å². The molecule has 4 aromatic rings. The highest BCUT2D eigenvalue weighted by atomic mass is 31.1. The minimum atomic E-state index is 0.870. The zero-order valence-corrected chi connectivity index (χ0v) is 15.6. The maximum Gasteiger partial charge on any atom is -0.00248 e. The summed E-state index contributed by atoms with van der Waals surface area (Å²) in [6.45, 7) is 2.27. The van der Waals surface area contributed by atoms with E-state index >= 15 is 0 Å². The monoisotopic (exact) mass is 342 g/mol. The molecule has 1 heteroatoms. The lowest BCUT2D eigenvalue weighted by Gasteiger charge is -2.16. The average molecular weight is 342 g/mol. The van der Waals surface area contributed by atoms with E-state index in [4.69, 9.17) is 0 Å². The molecule has 0 amide bonds. The zero-order valence-electron chi connectivity index (χ0n) is 14.6. The van der Waals surface area contributed by atoms with Crippen molar-refractivity contribution in [3.05, 3.63) is 78.9 Å². The highest BCUT2D eigenvalue weighted by Crippen LogP contribution is 2.35. The van der Waals surface area contributed by atoms with Crippen LogP contribution in [-0.4, -0.2) is 6.16 Å². The Balaban J connectivity index is 1.98. The minimum Gasteiger partial charge on any atom is -0.0897 e. The maximum atomic E-state index is 2.35. The lowest BCUT2D eigenvalue weighted by molar-refractivity contribution is 0.895. The normalized spacial score (nSPS) is 11.7. The first kappa shape index (κ1) is 16.3. The molecule has 0 fully saturated rings. The van der Waals surface area contributed by atoms with Crippen LogP contribution in [0.15, 0.2) is 78.9 Å². The minimum absolute atomic E-state index is 0.870. The van der Waals surface area contributed by atoms with Crippen LogP contribution in [0.4, 0.5) is 0 Å². The quantitative estimate of drug-likeness (QED) is 0.277. The van der Waals surface area contributed by atoms with Crippen molar-refractivity contribution in [2.75, 3.05) is 6.16 Å². The number of fused-ring (bicyclic) bond motifs is 2. The Morgan fingerprint density at radius 3 is 2.16 bits per heavy atom. The summed E-state index contributed by atoms with van der Waals surface area (Å²) in [6, 6.07) is 28.9. The van der Waals surface area contributed by atoms with Crippen molar-refractivity contribution in [1.82, 2.24) is 0 Å². The number of hydrogen-bond donors (Lipinski definition) is 0. The van der Waals surface area contributed by atoms with E-state index in [2.05, 4.69) is 85.8 Å². The number of unbranched alkanes of at least 4 members (excludes halogenated alkanes) is 1. The molecule has 1 atom stereocenters. The molecule has 4 aromatic carbocycles. The van der Waals surface area contributed by atoms with Crippen LogP contribution in [0, 0.1) is 0 Å². The van der Waals surface area contributed by atoms with Gasteiger partial charge >= 0.3 is 0 Å². The summed E-state index contributed by atoms with van der Waals surface area (Å²) in [5.41, 5.74) is 2.80. The van der Waals surface area contributed by atoms with Crippen LogP contribution in [-0.2, 0) is 0 Å². The van der Waals surface area contributed by atoms with Crippen LogP contribution in [0.1, 0.15) is 19.8 Å². The van der Waals surface area contributed by atoms with Crippen molar-refractivity contribution < 1.29 is 0 Å². The topological polar surface area (TPSA) is 0 Å². The molecule has 0 aromatic heterocycles. The lowest BCUT2D eigenvalue weighted by Crippen LogP contribution is -2.02. The fourth-order valence-corrected chi connectivity index (χ4v) is 5.00. The highest BCUT2D eigenvalue weighted by Gasteiger charge is 2.12. The van der Waals surface area contributed by atoms with E-state index in [0.29, 0.717) is 0 Å². The number of hydrogen-bond acceptors (Lipinski definition) is 0. The smallest absolute Gasteiger partial charge is 0.00248 e. The molecule has 0 saturated carbocycles. The third-order valence-corrected chi connectivity index (χ3v) is 6.23. The molecule has 0 aliphatic rings. The number of benzene rings is 4. The first-order valence-corrected chi connectivity index (χ1v) is 10.3. The van der Waals surface area contributed by atoms with E-state index in [9.17, 15) is 0 Å². The van der Waals surface area contributed by atoms with Crippen LogP contribution in [0.3, 0.4) is 0 Å².